The normalized spacial score (nSPS) is 24.3. The molecule has 2 fully saturated rings. The van der Waals surface area contributed by atoms with Gasteiger partial charge in [0.2, 0.25) is 11.8 Å². The highest BCUT2D eigenvalue weighted by Crippen LogP contribution is 2.25. The summed E-state index contributed by atoms with van der Waals surface area (Å²) in [5.41, 5.74) is 1.15. The Bertz CT molecular complexity index is 726. The van der Waals surface area contributed by atoms with Crippen molar-refractivity contribution in [1.82, 2.24) is 24.9 Å². The van der Waals surface area contributed by atoms with Crippen LogP contribution in [0, 0.1) is 13.8 Å². The minimum Gasteiger partial charge on any atom is -0.388 e. The van der Waals surface area contributed by atoms with Crippen molar-refractivity contribution in [3.05, 3.63) is 17.5 Å². The molecule has 3 heterocycles. The second-order valence-electron chi connectivity index (χ2n) is 8.79. The van der Waals surface area contributed by atoms with E-state index in [2.05, 4.69) is 15.3 Å². The van der Waals surface area contributed by atoms with E-state index in [1.807, 2.05) is 24.8 Å². The standard InChI is InChI=1S/C21H35N5O3/c1-16-13-17(2)26(23-16)14-20(28)25-9-4-7-21(29,8-12-25)15-24-10-5-19(6-11-24)22-18(3)27/h13,19,29H,4-12,14-15H2,1-3H3,(H,22,27). The number of aromatic nitrogens is 2. The van der Waals surface area contributed by atoms with Gasteiger partial charge in [-0.05, 0) is 52.0 Å². The van der Waals surface area contributed by atoms with Crippen molar-refractivity contribution in [2.45, 2.75) is 71.1 Å². The summed E-state index contributed by atoms with van der Waals surface area (Å²) in [5, 5.41) is 18.6. The zero-order chi connectivity index (χ0) is 21.0. The summed E-state index contributed by atoms with van der Waals surface area (Å²) >= 11 is 0. The number of hydrogen-bond donors (Lipinski definition) is 2. The Morgan fingerprint density at radius 2 is 1.93 bits per heavy atom. The van der Waals surface area contributed by atoms with Gasteiger partial charge in [0, 0.05) is 51.4 Å². The maximum absolute atomic E-state index is 12.7. The van der Waals surface area contributed by atoms with Crippen LogP contribution in [0.3, 0.4) is 0 Å². The molecule has 3 rings (SSSR count). The lowest BCUT2D eigenvalue weighted by Gasteiger charge is -2.38. The first kappa shape index (κ1) is 21.8. The molecule has 8 heteroatoms. The monoisotopic (exact) mass is 405 g/mol. The fraction of sp³-hybridized carbons (Fsp3) is 0.762. The Morgan fingerprint density at radius 1 is 1.21 bits per heavy atom. The minimum atomic E-state index is -0.756. The second kappa shape index (κ2) is 9.26. The van der Waals surface area contributed by atoms with E-state index in [-0.39, 0.29) is 24.4 Å². The number of aliphatic hydroxyl groups is 1. The molecule has 2 aliphatic heterocycles. The molecule has 2 aliphatic rings. The second-order valence-corrected chi connectivity index (χ2v) is 8.79. The molecule has 1 aromatic rings. The van der Waals surface area contributed by atoms with Crippen molar-refractivity contribution < 1.29 is 14.7 Å². The van der Waals surface area contributed by atoms with E-state index in [1.54, 1.807) is 11.6 Å². The average molecular weight is 406 g/mol. The van der Waals surface area contributed by atoms with Gasteiger partial charge in [0.25, 0.3) is 0 Å². The minimum absolute atomic E-state index is 0.0241. The molecule has 1 aromatic heterocycles. The molecule has 0 aliphatic carbocycles. The zero-order valence-electron chi connectivity index (χ0n) is 18.0. The number of nitrogens with one attached hydrogen (secondary N) is 1. The van der Waals surface area contributed by atoms with Crippen LogP contribution in [0.2, 0.25) is 0 Å². The van der Waals surface area contributed by atoms with Crippen LogP contribution >= 0.6 is 0 Å². The molecule has 0 spiro atoms. The lowest BCUT2D eigenvalue weighted by atomic mass is 9.93. The van der Waals surface area contributed by atoms with Gasteiger partial charge in [-0.15, -0.1) is 0 Å². The largest absolute Gasteiger partial charge is 0.388 e. The van der Waals surface area contributed by atoms with Crippen molar-refractivity contribution in [1.29, 1.82) is 0 Å². The number of likely N-dealkylation sites (tertiary alicyclic amines) is 2. The van der Waals surface area contributed by atoms with Crippen LogP contribution in [0.1, 0.15) is 50.4 Å². The van der Waals surface area contributed by atoms with Gasteiger partial charge in [-0.2, -0.15) is 5.10 Å². The Labute approximate surface area is 173 Å². The molecular formula is C21H35N5O3. The van der Waals surface area contributed by atoms with Crippen LogP contribution in [0.5, 0.6) is 0 Å². The number of carbonyl (C=O) groups excluding carboxylic acids is 2. The Kier molecular flexibility index (Phi) is 6.95. The molecule has 8 nitrogen and oxygen atoms in total. The maximum Gasteiger partial charge on any atom is 0.244 e. The number of nitrogens with zero attached hydrogens (tertiary/aromatic N) is 4. The van der Waals surface area contributed by atoms with E-state index in [4.69, 9.17) is 0 Å². The van der Waals surface area contributed by atoms with E-state index < -0.39 is 5.60 Å². The summed E-state index contributed by atoms with van der Waals surface area (Å²) in [4.78, 5) is 28.1. The Hall–Kier alpha value is -1.93. The highest BCUT2D eigenvalue weighted by Gasteiger charge is 2.34. The first-order valence-corrected chi connectivity index (χ1v) is 10.7. The maximum atomic E-state index is 12.7. The van der Waals surface area contributed by atoms with Crippen molar-refractivity contribution in [3.8, 4) is 0 Å². The van der Waals surface area contributed by atoms with Crippen molar-refractivity contribution in [2.75, 3.05) is 32.7 Å². The third kappa shape index (κ3) is 6.02. The molecule has 1 atom stereocenters. The highest BCUT2D eigenvalue weighted by molar-refractivity contribution is 5.76. The molecular weight excluding hydrogens is 370 g/mol. The third-order valence-corrected chi connectivity index (χ3v) is 6.17. The molecule has 0 bridgehead atoms. The number of β-amino-alcohol motifs (C(OH)–C–C–N with tert-alkyl or cyclic N) is 1. The fourth-order valence-corrected chi connectivity index (χ4v) is 4.59. The molecule has 2 amide bonds. The number of aryl methyl sites for hydroxylation is 2. The summed E-state index contributed by atoms with van der Waals surface area (Å²) in [7, 11) is 0. The van der Waals surface area contributed by atoms with Crippen molar-refractivity contribution in [3.63, 3.8) is 0 Å². The van der Waals surface area contributed by atoms with E-state index in [1.165, 1.54) is 0 Å². The SMILES string of the molecule is CC(=O)NC1CCN(CC2(O)CCCN(C(=O)Cn3nc(C)cc3C)CC2)CC1. The van der Waals surface area contributed by atoms with Gasteiger partial charge in [-0.1, -0.05) is 0 Å². The van der Waals surface area contributed by atoms with Crippen LogP contribution < -0.4 is 5.32 Å². The molecule has 162 valence electrons. The summed E-state index contributed by atoms with van der Waals surface area (Å²) in [6.07, 6.45) is 3.96. The number of hydrogen-bond acceptors (Lipinski definition) is 5. The van der Waals surface area contributed by atoms with Crippen LogP contribution in [0.15, 0.2) is 6.07 Å². The summed E-state index contributed by atoms with van der Waals surface area (Å²) in [5.74, 6) is 0.0904. The van der Waals surface area contributed by atoms with Crippen molar-refractivity contribution in [2.24, 2.45) is 0 Å². The van der Waals surface area contributed by atoms with Gasteiger partial charge >= 0.3 is 0 Å². The molecule has 1 unspecified atom stereocenters. The van der Waals surface area contributed by atoms with Crippen LogP contribution in [0.4, 0.5) is 0 Å². The quantitative estimate of drug-likeness (QED) is 0.758. The van der Waals surface area contributed by atoms with E-state index >= 15 is 0 Å². The first-order valence-electron chi connectivity index (χ1n) is 10.7. The third-order valence-electron chi connectivity index (χ3n) is 6.17. The molecule has 0 radical (unpaired) electrons. The fourth-order valence-electron chi connectivity index (χ4n) is 4.59. The number of amides is 2. The highest BCUT2D eigenvalue weighted by atomic mass is 16.3. The lowest BCUT2D eigenvalue weighted by Crippen LogP contribution is -2.50. The van der Waals surface area contributed by atoms with E-state index in [9.17, 15) is 14.7 Å². The van der Waals surface area contributed by atoms with Gasteiger partial charge in [0.05, 0.1) is 11.3 Å². The molecule has 0 saturated carbocycles. The average Bonchev–Trinajstić information content (AvgIpc) is 2.84. The van der Waals surface area contributed by atoms with Gasteiger partial charge < -0.3 is 20.2 Å². The van der Waals surface area contributed by atoms with Gasteiger partial charge in [0.1, 0.15) is 6.54 Å². The predicted octanol–water partition coefficient (Wildman–Crippen LogP) is 0.844. The van der Waals surface area contributed by atoms with Crippen LogP contribution in [0.25, 0.3) is 0 Å². The Morgan fingerprint density at radius 3 is 2.55 bits per heavy atom. The zero-order valence-corrected chi connectivity index (χ0v) is 18.0. The summed E-state index contributed by atoms with van der Waals surface area (Å²) < 4.78 is 1.76. The molecule has 0 aromatic carbocycles. The number of carbonyl (C=O) groups is 2. The number of rotatable bonds is 5. The molecule has 2 saturated heterocycles. The lowest BCUT2D eigenvalue weighted by molar-refractivity contribution is -0.132. The Balaban J connectivity index is 1.49. The first-order chi connectivity index (χ1) is 13.7. The summed E-state index contributed by atoms with van der Waals surface area (Å²) in [6.45, 7) is 9.38. The van der Waals surface area contributed by atoms with E-state index in [0.717, 1.165) is 43.7 Å². The number of piperidine rings is 1. The van der Waals surface area contributed by atoms with Crippen LogP contribution in [-0.4, -0.2) is 80.9 Å². The van der Waals surface area contributed by atoms with Gasteiger partial charge in [0.15, 0.2) is 0 Å². The van der Waals surface area contributed by atoms with Crippen molar-refractivity contribution >= 4 is 11.8 Å². The predicted molar refractivity (Wildman–Crippen MR) is 110 cm³/mol. The van der Waals surface area contributed by atoms with Gasteiger partial charge in [-0.3, -0.25) is 14.3 Å². The smallest absolute Gasteiger partial charge is 0.244 e. The summed E-state index contributed by atoms with van der Waals surface area (Å²) in [6, 6.07) is 2.22. The van der Waals surface area contributed by atoms with E-state index in [0.29, 0.717) is 32.5 Å². The topological polar surface area (TPSA) is 90.7 Å². The van der Waals surface area contributed by atoms with Gasteiger partial charge in [-0.25, -0.2) is 0 Å². The van der Waals surface area contributed by atoms with Crippen LogP contribution in [-0.2, 0) is 16.1 Å². The molecule has 29 heavy (non-hydrogen) atoms. The molecule has 2 N–H and O–H groups in total.